The molecule has 5 nitrogen and oxygen atoms in total. The van der Waals surface area contributed by atoms with Gasteiger partial charge in [-0.05, 0) is 30.5 Å². The van der Waals surface area contributed by atoms with Crippen LogP contribution in [0.25, 0.3) is 10.2 Å². The molecule has 0 fully saturated rings. The number of fused-ring (bicyclic) bond motifs is 1. The van der Waals surface area contributed by atoms with Crippen LogP contribution in [0.15, 0.2) is 45.6 Å². The second-order valence-corrected chi connectivity index (χ2v) is 6.62. The maximum Gasteiger partial charge on any atom is 0.233 e. The molecule has 108 valence electrons. The first-order chi connectivity index (χ1) is 10.2. The maximum absolute atomic E-state index is 12.1. The van der Waals surface area contributed by atoms with Crippen molar-refractivity contribution in [2.75, 3.05) is 0 Å². The van der Waals surface area contributed by atoms with Crippen molar-refractivity contribution in [3.05, 3.63) is 41.9 Å². The summed E-state index contributed by atoms with van der Waals surface area (Å²) < 4.78 is 6.21. The zero-order valence-electron chi connectivity index (χ0n) is 11.3. The summed E-state index contributed by atoms with van der Waals surface area (Å²) in [5.74, 6) is 0.697. The SMILES string of the molecule is CC(Sc1ncnc2ccsc12)C(=O)NCc1ccco1. The van der Waals surface area contributed by atoms with Crippen LogP contribution in [-0.2, 0) is 11.3 Å². The van der Waals surface area contributed by atoms with E-state index in [-0.39, 0.29) is 11.2 Å². The van der Waals surface area contributed by atoms with E-state index in [0.717, 1.165) is 21.0 Å². The molecule has 1 amide bonds. The molecule has 7 heteroatoms. The minimum absolute atomic E-state index is 0.0419. The van der Waals surface area contributed by atoms with Gasteiger partial charge in [0, 0.05) is 0 Å². The van der Waals surface area contributed by atoms with Crippen LogP contribution in [0.1, 0.15) is 12.7 Å². The average Bonchev–Trinajstić information content (AvgIpc) is 3.16. The maximum atomic E-state index is 12.1. The van der Waals surface area contributed by atoms with Gasteiger partial charge in [-0.25, -0.2) is 9.97 Å². The van der Waals surface area contributed by atoms with Gasteiger partial charge in [-0.2, -0.15) is 0 Å². The molecule has 3 aromatic rings. The third-order valence-electron chi connectivity index (χ3n) is 2.89. The summed E-state index contributed by atoms with van der Waals surface area (Å²) in [4.78, 5) is 20.6. The number of aromatic nitrogens is 2. The third-order valence-corrected chi connectivity index (χ3v) is 5.03. The Morgan fingerprint density at radius 1 is 1.48 bits per heavy atom. The lowest BCUT2D eigenvalue weighted by atomic mass is 10.4. The van der Waals surface area contributed by atoms with Crippen molar-refractivity contribution in [1.82, 2.24) is 15.3 Å². The number of amides is 1. The van der Waals surface area contributed by atoms with Crippen LogP contribution in [0.2, 0.25) is 0 Å². The molecule has 3 aromatic heterocycles. The van der Waals surface area contributed by atoms with Crippen molar-refractivity contribution in [1.29, 1.82) is 0 Å². The van der Waals surface area contributed by atoms with Gasteiger partial charge in [0.25, 0.3) is 0 Å². The minimum atomic E-state index is -0.236. The Bertz CT molecular complexity index is 740. The highest BCUT2D eigenvalue weighted by atomic mass is 32.2. The second kappa shape index (κ2) is 6.28. The van der Waals surface area contributed by atoms with Crippen LogP contribution in [-0.4, -0.2) is 21.1 Å². The summed E-state index contributed by atoms with van der Waals surface area (Å²) in [5.41, 5.74) is 0.917. The van der Waals surface area contributed by atoms with Gasteiger partial charge in [0.2, 0.25) is 5.91 Å². The zero-order valence-corrected chi connectivity index (χ0v) is 12.9. The molecule has 0 aromatic carbocycles. The molecule has 1 atom stereocenters. The number of hydrogen-bond acceptors (Lipinski definition) is 6. The van der Waals surface area contributed by atoms with Crippen molar-refractivity contribution >= 4 is 39.2 Å². The van der Waals surface area contributed by atoms with Crippen molar-refractivity contribution in [3.8, 4) is 0 Å². The average molecular weight is 319 g/mol. The molecule has 0 radical (unpaired) electrons. The second-order valence-electron chi connectivity index (χ2n) is 4.37. The van der Waals surface area contributed by atoms with Crippen molar-refractivity contribution < 1.29 is 9.21 Å². The van der Waals surface area contributed by atoms with Crippen LogP contribution in [0.4, 0.5) is 0 Å². The number of thiophene rings is 1. The molecule has 0 bridgehead atoms. The summed E-state index contributed by atoms with van der Waals surface area (Å²) in [7, 11) is 0. The number of furan rings is 1. The Morgan fingerprint density at radius 3 is 3.19 bits per heavy atom. The number of carbonyl (C=O) groups excluding carboxylic acids is 1. The third kappa shape index (κ3) is 3.25. The fourth-order valence-electron chi connectivity index (χ4n) is 1.80. The van der Waals surface area contributed by atoms with Crippen LogP contribution in [0.3, 0.4) is 0 Å². The van der Waals surface area contributed by atoms with E-state index >= 15 is 0 Å². The first-order valence-corrected chi connectivity index (χ1v) is 8.15. The standard InChI is InChI=1S/C14H13N3O2S2/c1-9(13(18)15-7-10-3-2-5-19-10)21-14-12-11(4-6-20-12)16-8-17-14/h2-6,8-9H,7H2,1H3,(H,15,18). The number of thioether (sulfide) groups is 1. The van der Waals surface area contributed by atoms with Crippen LogP contribution < -0.4 is 5.32 Å². The molecule has 0 spiro atoms. The van der Waals surface area contributed by atoms with E-state index in [2.05, 4.69) is 15.3 Å². The van der Waals surface area contributed by atoms with Gasteiger partial charge in [-0.15, -0.1) is 11.3 Å². The Hall–Kier alpha value is -1.86. The molecule has 0 aliphatic heterocycles. The first kappa shape index (κ1) is 14.1. The number of nitrogens with zero attached hydrogens (tertiary/aromatic N) is 2. The quantitative estimate of drug-likeness (QED) is 0.578. The van der Waals surface area contributed by atoms with Gasteiger partial charge in [0.15, 0.2) is 0 Å². The predicted molar refractivity (Wildman–Crippen MR) is 83.3 cm³/mol. The highest BCUT2D eigenvalue weighted by Crippen LogP contribution is 2.31. The largest absolute Gasteiger partial charge is 0.467 e. The number of nitrogens with one attached hydrogen (secondary N) is 1. The van der Waals surface area contributed by atoms with Gasteiger partial charge in [0.1, 0.15) is 17.1 Å². The van der Waals surface area contributed by atoms with E-state index in [9.17, 15) is 4.79 Å². The molecule has 0 aliphatic carbocycles. The predicted octanol–water partition coefficient (Wildman–Crippen LogP) is 3.08. The van der Waals surface area contributed by atoms with E-state index in [1.165, 1.54) is 18.1 Å². The topological polar surface area (TPSA) is 68.0 Å². The Kier molecular flexibility index (Phi) is 4.21. The van der Waals surface area contributed by atoms with E-state index in [1.54, 1.807) is 23.7 Å². The molecule has 0 saturated carbocycles. The van der Waals surface area contributed by atoms with Gasteiger partial charge >= 0.3 is 0 Å². The fourth-order valence-corrected chi connectivity index (χ4v) is 3.66. The fraction of sp³-hybridized carbons (Fsp3) is 0.214. The molecule has 1 N–H and O–H groups in total. The number of hydrogen-bond donors (Lipinski definition) is 1. The lowest BCUT2D eigenvalue weighted by Gasteiger charge is -2.10. The summed E-state index contributed by atoms with van der Waals surface area (Å²) in [6.45, 7) is 2.26. The van der Waals surface area contributed by atoms with Crippen molar-refractivity contribution in [2.45, 2.75) is 23.7 Å². The number of rotatable bonds is 5. The van der Waals surface area contributed by atoms with Crippen molar-refractivity contribution in [2.24, 2.45) is 0 Å². The van der Waals surface area contributed by atoms with Crippen LogP contribution in [0.5, 0.6) is 0 Å². The van der Waals surface area contributed by atoms with Gasteiger partial charge < -0.3 is 9.73 Å². The Labute approximate surface area is 129 Å². The van der Waals surface area contributed by atoms with Crippen LogP contribution in [0, 0.1) is 0 Å². The summed E-state index contributed by atoms with van der Waals surface area (Å²) >= 11 is 3.03. The van der Waals surface area contributed by atoms with Gasteiger partial charge in [0.05, 0.1) is 28.3 Å². The molecule has 3 rings (SSSR count). The monoisotopic (exact) mass is 319 g/mol. The van der Waals surface area contributed by atoms with E-state index in [4.69, 9.17) is 4.42 Å². The van der Waals surface area contributed by atoms with Gasteiger partial charge in [-0.1, -0.05) is 11.8 Å². The molecule has 0 aliphatic rings. The van der Waals surface area contributed by atoms with Crippen LogP contribution >= 0.6 is 23.1 Å². The lowest BCUT2D eigenvalue weighted by Crippen LogP contribution is -2.30. The molecule has 0 saturated heterocycles. The van der Waals surface area contributed by atoms with E-state index < -0.39 is 0 Å². The van der Waals surface area contributed by atoms with Crippen molar-refractivity contribution in [3.63, 3.8) is 0 Å². The summed E-state index contributed by atoms with van der Waals surface area (Å²) in [6, 6.07) is 5.58. The summed E-state index contributed by atoms with van der Waals surface area (Å²) in [5, 5.41) is 5.44. The van der Waals surface area contributed by atoms with E-state index in [1.807, 2.05) is 24.4 Å². The zero-order chi connectivity index (χ0) is 14.7. The first-order valence-electron chi connectivity index (χ1n) is 6.39. The highest BCUT2D eigenvalue weighted by Gasteiger charge is 2.17. The highest BCUT2D eigenvalue weighted by molar-refractivity contribution is 8.00. The molecule has 1 unspecified atom stereocenters. The van der Waals surface area contributed by atoms with Gasteiger partial charge in [-0.3, -0.25) is 4.79 Å². The Morgan fingerprint density at radius 2 is 2.38 bits per heavy atom. The summed E-state index contributed by atoms with van der Waals surface area (Å²) in [6.07, 6.45) is 3.12. The normalized spacial score (nSPS) is 12.4. The lowest BCUT2D eigenvalue weighted by molar-refractivity contribution is -0.120. The molecule has 21 heavy (non-hydrogen) atoms. The molecular formula is C14H13N3O2S2. The smallest absolute Gasteiger partial charge is 0.233 e. The minimum Gasteiger partial charge on any atom is -0.467 e. The molecular weight excluding hydrogens is 306 g/mol. The van der Waals surface area contributed by atoms with E-state index in [0.29, 0.717) is 6.54 Å². The number of carbonyl (C=O) groups is 1. The Balaban J connectivity index is 1.64. The molecule has 3 heterocycles.